The van der Waals surface area contributed by atoms with Crippen molar-refractivity contribution in [1.82, 2.24) is 5.32 Å². The van der Waals surface area contributed by atoms with Gasteiger partial charge in [-0.1, -0.05) is 11.8 Å². The number of thiophene rings is 1. The van der Waals surface area contributed by atoms with Gasteiger partial charge >= 0.3 is 0 Å². The van der Waals surface area contributed by atoms with Crippen molar-refractivity contribution >= 4 is 17.2 Å². The van der Waals surface area contributed by atoms with Crippen molar-refractivity contribution < 1.29 is 4.79 Å². The normalized spacial score (nSPS) is 36.1. The van der Waals surface area contributed by atoms with E-state index in [1.807, 2.05) is 11.4 Å². The van der Waals surface area contributed by atoms with Crippen LogP contribution in [-0.2, 0) is 0 Å². The van der Waals surface area contributed by atoms with E-state index in [1.165, 1.54) is 30.6 Å². The van der Waals surface area contributed by atoms with Gasteiger partial charge in [-0.2, -0.15) is 0 Å². The van der Waals surface area contributed by atoms with E-state index in [0.29, 0.717) is 12.6 Å². The first kappa shape index (κ1) is 12.4. The van der Waals surface area contributed by atoms with Crippen molar-refractivity contribution in [2.45, 2.75) is 25.3 Å². The number of nitrogens with one attached hydrogen (secondary N) is 1. The highest BCUT2D eigenvalue weighted by atomic mass is 32.1. The Bertz CT molecular complexity index is 595. The van der Waals surface area contributed by atoms with Crippen molar-refractivity contribution in [1.29, 1.82) is 0 Å². The molecule has 0 aliphatic heterocycles. The minimum absolute atomic E-state index is 0.0557. The van der Waals surface area contributed by atoms with E-state index >= 15 is 0 Å². The van der Waals surface area contributed by atoms with E-state index in [0.717, 1.165) is 34.1 Å². The second kappa shape index (κ2) is 4.61. The summed E-state index contributed by atoms with van der Waals surface area (Å²) < 4.78 is 0. The van der Waals surface area contributed by atoms with Crippen LogP contribution in [0.3, 0.4) is 0 Å². The molecular formula is C16H18N2OS. The minimum Gasteiger partial charge on any atom is -0.348 e. The Balaban J connectivity index is 1.46. The van der Waals surface area contributed by atoms with Crippen LogP contribution < -0.4 is 11.1 Å². The third-order valence-corrected chi connectivity index (χ3v) is 6.14. The molecule has 3 fully saturated rings. The van der Waals surface area contributed by atoms with Crippen molar-refractivity contribution in [2.75, 3.05) is 6.54 Å². The van der Waals surface area contributed by atoms with E-state index in [1.54, 1.807) is 0 Å². The van der Waals surface area contributed by atoms with Crippen molar-refractivity contribution in [2.24, 2.45) is 29.4 Å². The van der Waals surface area contributed by atoms with Gasteiger partial charge in [-0.3, -0.25) is 4.79 Å². The molecule has 2 bridgehead atoms. The van der Waals surface area contributed by atoms with Gasteiger partial charge in [0.15, 0.2) is 0 Å². The van der Waals surface area contributed by atoms with Gasteiger partial charge in [-0.25, -0.2) is 0 Å². The lowest BCUT2D eigenvalue weighted by Gasteiger charge is -2.10. The molecule has 0 radical (unpaired) electrons. The lowest BCUT2D eigenvalue weighted by atomic mass is 10.0. The fraction of sp³-hybridized carbons (Fsp3) is 0.562. The Morgan fingerprint density at radius 2 is 2.15 bits per heavy atom. The number of nitrogens with two attached hydrogens (primary N) is 1. The quantitative estimate of drug-likeness (QED) is 0.815. The number of carbonyl (C=O) groups is 1. The Labute approximate surface area is 122 Å². The van der Waals surface area contributed by atoms with Crippen LogP contribution in [-0.4, -0.2) is 18.5 Å². The lowest BCUT2D eigenvalue weighted by molar-refractivity contribution is 0.0948. The van der Waals surface area contributed by atoms with Crippen molar-refractivity contribution in [3.05, 3.63) is 21.9 Å². The highest BCUT2D eigenvalue weighted by molar-refractivity contribution is 7.12. The van der Waals surface area contributed by atoms with Crippen LogP contribution in [0.5, 0.6) is 0 Å². The predicted molar refractivity (Wildman–Crippen MR) is 79.3 cm³/mol. The van der Waals surface area contributed by atoms with Crippen LogP contribution in [0.1, 0.15) is 34.5 Å². The van der Waals surface area contributed by atoms with Gasteiger partial charge < -0.3 is 11.1 Å². The number of hydrogen-bond acceptors (Lipinski definition) is 3. The summed E-state index contributed by atoms with van der Waals surface area (Å²) >= 11 is 1.47. The Hall–Kier alpha value is -1.31. The second-order valence-electron chi connectivity index (χ2n) is 6.16. The fourth-order valence-electron chi connectivity index (χ4n) is 4.47. The smallest absolute Gasteiger partial charge is 0.262 e. The molecule has 1 heterocycles. The van der Waals surface area contributed by atoms with Crippen LogP contribution in [0.15, 0.2) is 11.4 Å². The van der Waals surface area contributed by atoms with Crippen molar-refractivity contribution in [3.63, 3.8) is 0 Å². The van der Waals surface area contributed by atoms with Gasteiger partial charge in [-0.15, -0.1) is 11.3 Å². The third-order valence-electron chi connectivity index (χ3n) is 5.23. The first-order valence-corrected chi connectivity index (χ1v) is 8.25. The number of rotatable bonds is 2. The summed E-state index contributed by atoms with van der Waals surface area (Å²) in [5, 5.41) is 5.17. The Kier molecular flexibility index (Phi) is 2.87. The first-order chi connectivity index (χ1) is 9.79. The molecule has 3 N–H and O–H groups in total. The second-order valence-corrected chi connectivity index (χ2v) is 7.07. The van der Waals surface area contributed by atoms with Crippen LogP contribution in [0.4, 0.5) is 0 Å². The maximum absolute atomic E-state index is 12.4. The van der Waals surface area contributed by atoms with E-state index < -0.39 is 0 Å². The van der Waals surface area contributed by atoms with Gasteiger partial charge in [0.05, 0.1) is 6.54 Å². The molecule has 20 heavy (non-hydrogen) atoms. The zero-order valence-corrected chi connectivity index (χ0v) is 12.1. The van der Waals surface area contributed by atoms with E-state index in [4.69, 9.17) is 5.73 Å². The molecule has 104 valence electrons. The van der Waals surface area contributed by atoms with Gasteiger partial charge in [0.2, 0.25) is 0 Å². The number of carbonyl (C=O) groups excluding carboxylic acids is 1. The maximum Gasteiger partial charge on any atom is 0.262 e. The fourth-order valence-corrected chi connectivity index (χ4v) is 5.22. The SMILES string of the molecule is NCC#Cc1ccsc1C(=O)NC1C2C3CCC(C3)C12. The standard InChI is InChI=1S/C16H18N2OS/c17-6-1-2-9-5-7-20-15(9)16(19)18-14-12-10-3-4-11(8-10)13(12)14/h5,7,10-14H,3-4,6,8,17H2,(H,18,19). The first-order valence-electron chi connectivity index (χ1n) is 7.37. The highest BCUT2D eigenvalue weighted by Crippen LogP contribution is 2.65. The van der Waals surface area contributed by atoms with E-state index in [9.17, 15) is 4.79 Å². The number of hydrogen-bond donors (Lipinski definition) is 2. The Morgan fingerprint density at radius 1 is 1.40 bits per heavy atom. The lowest BCUT2D eigenvalue weighted by Crippen LogP contribution is -2.29. The molecule has 4 atom stereocenters. The summed E-state index contributed by atoms with van der Waals surface area (Å²) in [5.41, 5.74) is 6.20. The monoisotopic (exact) mass is 286 g/mol. The highest BCUT2D eigenvalue weighted by Gasteiger charge is 2.65. The van der Waals surface area contributed by atoms with E-state index in [-0.39, 0.29) is 5.91 Å². The summed E-state index contributed by atoms with van der Waals surface area (Å²) in [5.74, 6) is 9.18. The molecule has 0 aromatic carbocycles. The number of amides is 1. The molecule has 1 aromatic rings. The van der Waals surface area contributed by atoms with Gasteiger partial charge in [-0.05, 0) is 54.4 Å². The molecule has 0 saturated heterocycles. The molecule has 0 spiro atoms. The third kappa shape index (κ3) is 1.81. The van der Waals surface area contributed by atoms with Crippen LogP contribution in [0.25, 0.3) is 0 Å². The van der Waals surface area contributed by atoms with Crippen LogP contribution in [0.2, 0.25) is 0 Å². The zero-order valence-electron chi connectivity index (χ0n) is 11.3. The molecule has 3 aliphatic rings. The van der Waals surface area contributed by atoms with Crippen LogP contribution in [0, 0.1) is 35.5 Å². The predicted octanol–water partition coefficient (Wildman–Crippen LogP) is 1.83. The molecule has 4 heteroatoms. The summed E-state index contributed by atoms with van der Waals surface area (Å²) in [6, 6.07) is 2.34. The topological polar surface area (TPSA) is 55.1 Å². The minimum atomic E-state index is 0.0557. The zero-order chi connectivity index (χ0) is 13.7. The summed E-state index contributed by atoms with van der Waals surface area (Å²) in [7, 11) is 0. The molecule has 1 aromatic heterocycles. The average molecular weight is 286 g/mol. The largest absolute Gasteiger partial charge is 0.348 e. The molecule has 1 amide bonds. The van der Waals surface area contributed by atoms with Crippen molar-refractivity contribution in [3.8, 4) is 11.8 Å². The molecular weight excluding hydrogens is 268 g/mol. The summed E-state index contributed by atoms with van der Waals surface area (Å²) in [6.45, 7) is 0.326. The average Bonchev–Trinajstić information content (AvgIpc) is 2.90. The molecule has 4 rings (SSSR count). The van der Waals surface area contributed by atoms with Crippen LogP contribution >= 0.6 is 11.3 Å². The maximum atomic E-state index is 12.4. The summed E-state index contributed by atoms with van der Waals surface area (Å²) in [6.07, 6.45) is 4.17. The van der Waals surface area contributed by atoms with E-state index in [2.05, 4.69) is 17.2 Å². The Morgan fingerprint density at radius 3 is 2.85 bits per heavy atom. The number of fused-ring (bicyclic) bond motifs is 5. The van der Waals surface area contributed by atoms with Gasteiger partial charge in [0.1, 0.15) is 4.88 Å². The molecule has 3 aliphatic carbocycles. The van der Waals surface area contributed by atoms with Gasteiger partial charge in [0, 0.05) is 11.6 Å². The molecule has 3 saturated carbocycles. The van der Waals surface area contributed by atoms with Gasteiger partial charge in [0.25, 0.3) is 5.91 Å². The molecule has 3 nitrogen and oxygen atoms in total. The summed E-state index contributed by atoms with van der Waals surface area (Å²) in [4.78, 5) is 13.1. The molecule has 4 unspecified atom stereocenters.